The molecular formula is C5H5BrS. The van der Waals surface area contributed by atoms with Crippen LogP contribution in [0.2, 0.25) is 0 Å². The molecule has 0 aliphatic carbocycles. The number of allylic oxidation sites excluding steroid dienone is 3. The number of halogens is 1. The van der Waals surface area contributed by atoms with Crippen LogP contribution in [0.15, 0.2) is 23.6 Å². The molecule has 2 heteroatoms. The van der Waals surface area contributed by atoms with Crippen molar-refractivity contribution in [3.05, 3.63) is 23.6 Å². The standard InChI is InChI=1S/C5H5BrS/c6-7-4-2-1-3-5-7/h1-5H. The van der Waals surface area contributed by atoms with Gasteiger partial charge in [-0.2, -0.15) is 0 Å². The van der Waals surface area contributed by atoms with Crippen LogP contribution in [-0.4, -0.2) is 5.37 Å². The molecule has 0 spiro atoms. The first kappa shape index (κ1) is 5.32. The van der Waals surface area contributed by atoms with Gasteiger partial charge in [-0.25, -0.2) is 0 Å². The van der Waals surface area contributed by atoms with Crippen molar-refractivity contribution in [2.45, 2.75) is 0 Å². The summed E-state index contributed by atoms with van der Waals surface area (Å²) in [6.07, 6.45) is 6.10. The average Bonchev–Trinajstić information content (AvgIpc) is 1.69. The van der Waals surface area contributed by atoms with Crippen molar-refractivity contribution >= 4 is 29.1 Å². The predicted molar refractivity (Wildman–Crippen MR) is 40.9 cm³/mol. The number of hydrogen-bond donors (Lipinski definition) is 0. The first-order valence-corrected chi connectivity index (χ1v) is 5.15. The van der Waals surface area contributed by atoms with Crippen LogP contribution >= 0.6 is 23.7 Å². The summed E-state index contributed by atoms with van der Waals surface area (Å²) in [5, 5.41) is 4.22. The Morgan fingerprint density at radius 3 is 2.29 bits per heavy atom. The van der Waals surface area contributed by atoms with E-state index in [1.54, 1.807) is 0 Å². The summed E-state index contributed by atoms with van der Waals surface area (Å²) in [6.45, 7) is 0. The van der Waals surface area contributed by atoms with Crippen molar-refractivity contribution in [2.75, 3.05) is 0 Å². The zero-order valence-electron chi connectivity index (χ0n) is 3.67. The summed E-state index contributed by atoms with van der Waals surface area (Å²) in [4.78, 5) is 0. The van der Waals surface area contributed by atoms with Crippen LogP contribution in [-0.2, 0) is 0 Å². The smallest absolute Gasteiger partial charge is 0.0135 e. The van der Waals surface area contributed by atoms with Crippen LogP contribution < -0.4 is 0 Å². The van der Waals surface area contributed by atoms with Crippen LogP contribution in [0, 0.1) is 0 Å². The van der Waals surface area contributed by atoms with E-state index in [-0.39, 0.29) is 8.92 Å². The monoisotopic (exact) mass is 176 g/mol. The molecular weight excluding hydrogens is 172 g/mol. The topological polar surface area (TPSA) is 0 Å². The van der Waals surface area contributed by atoms with Crippen LogP contribution in [0.5, 0.6) is 0 Å². The van der Waals surface area contributed by atoms with Gasteiger partial charge in [-0.1, -0.05) is 27.1 Å². The molecule has 1 rings (SSSR count). The fourth-order valence-electron chi connectivity index (χ4n) is 0.350. The minimum atomic E-state index is 0.230. The molecule has 0 aromatic rings. The van der Waals surface area contributed by atoms with Crippen molar-refractivity contribution in [3.63, 3.8) is 0 Å². The second-order valence-corrected chi connectivity index (χ2v) is 4.58. The van der Waals surface area contributed by atoms with E-state index < -0.39 is 0 Å². The molecule has 0 bridgehead atoms. The Bertz CT molecular complexity index is 144. The minimum Gasteiger partial charge on any atom is -0.0940 e. The van der Waals surface area contributed by atoms with Crippen LogP contribution in [0.1, 0.15) is 0 Å². The summed E-state index contributed by atoms with van der Waals surface area (Å²) in [7, 11) is 0.230. The Hall–Kier alpha value is 0.180. The minimum absolute atomic E-state index is 0.230. The molecule has 38 valence electrons. The molecule has 1 aliphatic heterocycles. The molecule has 7 heavy (non-hydrogen) atoms. The van der Waals surface area contributed by atoms with Crippen molar-refractivity contribution in [2.24, 2.45) is 0 Å². The predicted octanol–water partition coefficient (Wildman–Crippen LogP) is 2.45. The number of hydrogen-bond acceptors (Lipinski definition) is 0. The highest BCUT2D eigenvalue weighted by Crippen LogP contribution is 2.24. The van der Waals surface area contributed by atoms with Crippen molar-refractivity contribution in [3.8, 4) is 0 Å². The van der Waals surface area contributed by atoms with Crippen molar-refractivity contribution in [1.29, 1.82) is 0 Å². The quantitative estimate of drug-likeness (QED) is 0.498. The maximum absolute atomic E-state index is 3.42. The van der Waals surface area contributed by atoms with Gasteiger partial charge in [0.25, 0.3) is 0 Å². The lowest BCUT2D eigenvalue weighted by Gasteiger charge is -1.89. The molecule has 1 atom stereocenters. The van der Waals surface area contributed by atoms with E-state index >= 15 is 0 Å². The van der Waals surface area contributed by atoms with Gasteiger partial charge in [-0.05, 0) is 25.6 Å². The molecule has 0 fully saturated rings. The molecule has 0 nitrogen and oxygen atoms in total. The maximum Gasteiger partial charge on any atom is -0.0135 e. The lowest BCUT2D eigenvalue weighted by Crippen LogP contribution is -1.63. The lowest BCUT2D eigenvalue weighted by molar-refractivity contribution is 2.07. The molecule has 1 heterocycles. The Labute approximate surface area is 53.1 Å². The van der Waals surface area contributed by atoms with Crippen LogP contribution in [0.3, 0.4) is 0 Å². The van der Waals surface area contributed by atoms with Gasteiger partial charge in [-0.3, -0.25) is 0 Å². The number of rotatable bonds is 0. The van der Waals surface area contributed by atoms with Crippen LogP contribution in [0.25, 0.3) is 0 Å². The molecule has 0 aromatic heterocycles. The molecule has 1 aliphatic rings. The van der Waals surface area contributed by atoms with E-state index in [4.69, 9.17) is 0 Å². The maximum atomic E-state index is 3.42. The molecule has 0 saturated carbocycles. The largest absolute Gasteiger partial charge is 0.0940 e. The van der Waals surface area contributed by atoms with Gasteiger partial charge in [0, 0.05) is 0 Å². The second-order valence-electron chi connectivity index (χ2n) is 1.16. The van der Waals surface area contributed by atoms with Crippen molar-refractivity contribution < 1.29 is 0 Å². The van der Waals surface area contributed by atoms with Gasteiger partial charge in [-0.15, -0.1) is 0 Å². The molecule has 0 N–H and O–H groups in total. The zero-order valence-corrected chi connectivity index (χ0v) is 6.08. The van der Waals surface area contributed by atoms with Gasteiger partial charge in [0.1, 0.15) is 0 Å². The highest BCUT2D eigenvalue weighted by Gasteiger charge is 1.78. The summed E-state index contributed by atoms with van der Waals surface area (Å²) in [5.74, 6) is 0. The van der Waals surface area contributed by atoms with Gasteiger partial charge in [0.2, 0.25) is 0 Å². The van der Waals surface area contributed by atoms with E-state index in [0.717, 1.165) is 0 Å². The Kier molecular flexibility index (Phi) is 1.88. The zero-order chi connectivity index (χ0) is 5.11. The molecule has 1 unspecified atom stereocenters. The van der Waals surface area contributed by atoms with E-state index in [9.17, 15) is 0 Å². The Balaban J connectivity index is 2.82. The van der Waals surface area contributed by atoms with Gasteiger partial charge >= 0.3 is 0 Å². The van der Waals surface area contributed by atoms with E-state index in [1.165, 1.54) is 0 Å². The average molecular weight is 177 g/mol. The molecule has 0 amide bonds. The fourth-order valence-corrected chi connectivity index (χ4v) is 1.67. The first-order chi connectivity index (χ1) is 3.39. The third kappa shape index (κ3) is 1.61. The lowest BCUT2D eigenvalue weighted by atomic mass is 10.5. The fraction of sp³-hybridized carbons (Fsp3) is 0. The Morgan fingerprint density at radius 2 is 2.00 bits per heavy atom. The normalized spacial score (nSPS) is 27.3. The van der Waals surface area contributed by atoms with E-state index in [1.807, 2.05) is 18.2 Å². The van der Waals surface area contributed by atoms with Crippen LogP contribution in [0.4, 0.5) is 0 Å². The first-order valence-electron chi connectivity index (χ1n) is 1.96. The molecule has 0 saturated heterocycles. The third-order valence-corrected chi connectivity index (χ3v) is 2.77. The van der Waals surface area contributed by atoms with Gasteiger partial charge in [0.15, 0.2) is 0 Å². The second kappa shape index (κ2) is 2.48. The van der Waals surface area contributed by atoms with Crippen molar-refractivity contribution in [1.82, 2.24) is 0 Å². The van der Waals surface area contributed by atoms with Gasteiger partial charge in [0.05, 0.1) is 0 Å². The summed E-state index contributed by atoms with van der Waals surface area (Å²) >= 11 is 3.42. The highest BCUT2D eigenvalue weighted by atomic mass is 79.9. The third-order valence-electron chi connectivity index (χ3n) is 0.639. The van der Waals surface area contributed by atoms with Gasteiger partial charge < -0.3 is 0 Å². The SMILES string of the molecule is BrS1=CC=CC=C1. The summed E-state index contributed by atoms with van der Waals surface area (Å²) < 4.78 is 0. The molecule has 0 aromatic carbocycles. The molecule has 0 radical (unpaired) electrons. The Morgan fingerprint density at radius 1 is 1.14 bits per heavy atom. The van der Waals surface area contributed by atoms with E-state index in [2.05, 4.69) is 25.6 Å². The van der Waals surface area contributed by atoms with E-state index in [0.29, 0.717) is 0 Å². The summed E-state index contributed by atoms with van der Waals surface area (Å²) in [5.41, 5.74) is 0. The summed E-state index contributed by atoms with van der Waals surface area (Å²) in [6, 6.07) is 0. The highest BCUT2D eigenvalue weighted by molar-refractivity contribution is 9.53.